The Morgan fingerprint density at radius 2 is 1.89 bits per heavy atom. The fourth-order valence-corrected chi connectivity index (χ4v) is 4.34. The van der Waals surface area contributed by atoms with E-state index < -0.39 is 10.0 Å². The van der Waals surface area contributed by atoms with Crippen molar-refractivity contribution in [3.63, 3.8) is 0 Å². The summed E-state index contributed by atoms with van der Waals surface area (Å²) in [5.74, 6) is 1.05. The van der Waals surface area contributed by atoms with Crippen molar-refractivity contribution < 1.29 is 8.42 Å². The molecule has 0 bridgehead atoms. The number of rotatable bonds is 5. The molecule has 3 rings (SSSR count). The number of nitrogens with zero attached hydrogens (tertiary/aromatic N) is 1. The number of nitrogen functional groups attached to an aromatic ring is 1. The summed E-state index contributed by atoms with van der Waals surface area (Å²) in [6, 6.07) is 1.57. The van der Waals surface area contributed by atoms with Gasteiger partial charge in [-0.1, -0.05) is 0 Å². The standard InChI is InChI=1S/C12H16BrN3O2S/c13-9-5-10(12(14)15-6-9)19(17,18)16-11(7-1-2-7)8-3-4-8/h5-8,11,16H,1-4H2,(H2,14,15). The van der Waals surface area contributed by atoms with Crippen molar-refractivity contribution in [1.82, 2.24) is 9.71 Å². The molecule has 2 fully saturated rings. The summed E-state index contributed by atoms with van der Waals surface area (Å²) in [6.07, 6.45) is 5.98. The zero-order valence-corrected chi connectivity index (χ0v) is 12.7. The van der Waals surface area contributed by atoms with Gasteiger partial charge in [0.05, 0.1) is 0 Å². The van der Waals surface area contributed by atoms with E-state index in [1.54, 1.807) is 0 Å². The van der Waals surface area contributed by atoms with Crippen LogP contribution < -0.4 is 10.5 Å². The highest BCUT2D eigenvalue weighted by atomic mass is 79.9. The molecule has 0 radical (unpaired) electrons. The average molecular weight is 346 g/mol. The van der Waals surface area contributed by atoms with Crippen molar-refractivity contribution >= 4 is 31.8 Å². The van der Waals surface area contributed by atoms with Crippen LogP contribution in [0.2, 0.25) is 0 Å². The highest BCUT2D eigenvalue weighted by Gasteiger charge is 2.43. The van der Waals surface area contributed by atoms with Gasteiger partial charge in [-0.25, -0.2) is 18.1 Å². The van der Waals surface area contributed by atoms with Crippen molar-refractivity contribution in [2.75, 3.05) is 5.73 Å². The fourth-order valence-electron chi connectivity index (χ4n) is 2.38. The van der Waals surface area contributed by atoms with E-state index in [4.69, 9.17) is 5.73 Å². The Morgan fingerprint density at radius 1 is 1.32 bits per heavy atom. The molecule has 5 nitrogen and oxygen atoms in total. The normalized spacial score (nSPS) is 19.9. The lowest BCUT2D eigenvalue weighted by Crippen LogP contribution is -2.38. The van der Waals surface area contributed by atoms with Crippen LogP contribution in [0, 0.1) is 11.8 Å². The second kappa shape index (κ2) is 4.71. The maximum absolute atomic E-state index is 12.4. The molecule has 0 amide bonds. The quantitative estimate of drug-likeness (QED) is 0.853. The van der Waals surface area contributed by atoms with Gasteiger partial charge in [0.25, 0.3) is 0 Å². The van der Waals surface area contributed by atoms with Gasteiger partial charge < -0.3 is 5.73 Å². The third-order valence-electron chi connectivity index (χ3n) is 3.69. The van der Waals surface area contributed by atoms with Gasteiger partial charge in [-0.15, -0.1) is 0 Å². The van der Waals surface area contributed by atoms with Gasteiger partial charge in [-0.3, -0.25) is 0 Å². The minimum atomic E-state index is -3.59. The lowest BCUT2D eigenvalue weighted by molar-refractivity contribution is 0.471. The summed E-state index contributed by atoms with van der Waals surface area (Å²) in [4.78, 5) is 3.95. The van der Waals surface area contributed by atoms with E-state index in [0.717, 1.165) is 25.7 Å². The molecular formula is C12H16BrN3O2S. The number of pyridine rings is 1. The number of anilines is 1. The second-order valence-corrected chi connectivity index (χ2v) is 7.96. The minimum Gasteiger partial charge on any atom is -0.383 e. The summed E-state index contributed by atoms with van der Waals surface area (Å²) < 4.78 is 28.3. The van der Waals surface area contributed by atoms with Crippen LogP contribution in [0.15, 0.2) is 21.6 Å². The third kappa shape index (κ3) is 2.93. The summed E-state index contributed by atoms with van der Waals surface area (Å²) in [7, 11) is -3.59. The molecule has 0 saturated heterocycles. The Labute approximate surface area is 121 Å². The van der Waals surface area contributed by atoms with Crippen molar-refractivity contribution in [3.8, 4) is 0 Å². The van der Waals surface area contributed by atoms with Crippen LogP contribution in [0.3, 0.4) is 0 Å². The van der Waals surface area contributed by atoms with Crippen LogP contribution in [-0.2, 0) is 10.0 Å². The molecule has 2 aliphatic rings. The molecule has 0 unspecified atom stereocenters. The first-order valence-electron chi connectivity index (χ1n) is 6.41. The molecule has 3 N–H and O–H groups in total. The summed E-state index contributed by atoms with van der Waals surface area (Å²) in [6.45, 7) is 0. The zero-order chi connectivity index (χ0) is 13.6. The number of hydrogen-bond donors (Lipinski definition) is 2. The van der Waals surface area contributed by atoms with E-state index in [2.05, 4.69) is 25.6 Å². The Morgan fingerprint density at radius 3 is 2.42 bits per heavy atom. The first-order valence-corrected chi connectivity index (χ1v) is 8.68. The van der Waals surface area contributed by atoms with E-state index in [0.29, 0.717) is 16.3 Å². The average Bonchev–Trinajstić information content (AvgIpc) is 3.22. The third-order valence-corrected chi connectivity index (χ3v) is 5.61. The van der Waals surface area contributed by atoms with E-state index in [-0.39, 0.29) is 16.8 Å². The lowest BCUT2D eigenvalue weighted by atomic mass is 10.1. The van der Waals surface area contributed by atoms with Gasteiger partial charge in [0.2, 0.25) is 10.0 Å². The molecular weight excluding hydrogens is 330 g/mol. The van der Waals surface area contributed by atoms with Crippen LogP contribution in [-0.4, -0.2) is 19.4 Å². The number of sulfonamides is 1. The molecule has 1 aromatic heterocycles. The number of nitrogens with two attached hydrogens (primary N) is 1. The minimum absolute atomic E-state index is 0.0426. The lowest BCUT2D eigenvalue weighted by Gasteiger charge is -2.18. The van der Waals surface area contributed by atoms with Crippen LogP contribution in [0.4, 0.5) is 5.82 Å². The van der Waals surface area contributed by atoms with Gasteiger partial charge in [-0.2, -0.15) is 0 Å². The number of aromatic nitrogens is 1. The highest BCUT2D eigenvalue weighted by Crippen LogP contribution is 2.45. The summed E-state index contributed by atoms with van der Waals surface area (Å²) in [5.41, 5.74) is 5.68. The maximum atomic E-state index is 12.4. The molecule has 19 heavy (non-hydrogen) atoms. The largest absolute Gasteiger partial charge is 0.383 e. The van der Waals surface area contributed by atoms with Gasteiger partial charge in [0.1, 0.15) is 10.7 Å². The van der Waals surface area contributed by atoms with Gasteiger partial charge in [0.15, 0.2) is 0 Å². The second-order valence-electron chi connectivity index (χ2n) is 5.36. The number of halogens is 1. The van der Waals surface area contributed by atoms with Crippen LogP contribution in [0.1, 0.15) is 25.7 Å². The molecule has 0 aliphatic heterocycles. The SMILES string of the molecule is Nc1ncc(Br)cc1S(=O)(=O)NC(C1CC1)C1CC1. The molecule has 2 aliphatic carbocycles. The van der Waals surface area contributed by atoms with Crippen molar-refractivity contribution in [1.29, 1.82) is 0 Å². The molecule has 7 heteroatoms. The molecule has 0 spiro atoms. The van der Waals surface area contributed by atoms with Crippen LogP contribution in [0.5, 0.6) is 0 Å². The Balaban J connectivity index is 1.87. The Bertz CT molecular complexity index is 585. The predicted molar refractivity (Wildman–Crippen MR) is 75.9 cm³/mol. The number of hydrogen-bond acceptors (Lipinski definition) is 4. The van der Waals surface area contributed by atoms with Gasteiger partial charge in [-0.05, 0) is 59.5 Å². The van der Waals surface area contributed by atoms with E-state index >= 15 is 0 Å². The Kier molecular flexibility index (Phi) is 3.31. The maximum Gasteiger partial charge on any atom is 0.244 e. The molecule has 1 heterocycles. The van der Waals surface area contributed by atoms with E-state index in [9.17, 15) is 8.42 Å². The first-order chi connectivity index (χ1) is 8.97. The summed E-state index contributed by atoms with van der Waals surface area (Å²) in [5, 5.41) is 0. The smallest absolute Gasteiger partial charge is 0.244 e. The van der Waals surface area contributed by atoms with E-state index in [1.807, 2.05) is 0 Å². The van der Waals surface area contributed by atoms with Crippen molar-refractivity contribution in [2.24, 2.45) is 11.8 Å². The van der Waals surface area contributed by atoms with Crippen molar-refractivity contribution in [3.05, 3.63) is 16.7 Å². The van der Waals surface area contributed by atoms with E-state index in [1.165, 1.54) is 12.3 Å². The molecule has 0 aromatic carbocycles. The predicted octanol–water partition coefficient (Wildman–Crippen LogP) is 1.89. The van der Waals surface area contributed by atoms with Crippen molar-refractivity contribution in [2.45, 2.75) is 36.6 Å². The number of nitrogens with one attached hydrogen (secondary N) is 1. The molecule has 0 atom stereocenters. The first kappa shape index (κ1) is 13.3. The van der Waals surface area contributed by atoms with Crippen LogP contribution in [0.25, 0.3) is 0 Å². The molecule has 1 aromatic rings. The molecule has 104 valence electrons. The Hall–Kier alpha value is -0.660. The summed E-state index contributed by atoms with van der Waals surface area (Å²) >= 11 is 3.23. The highest BCUT2D eigenvalue weighted by molar-refractivity contribution is 9.10. The van der Waals surface area contributed by atoms with Gasteiger partial charge >= 0.3 is 0 Å². The topological polar surface area (TPSA) is 85.1 Å². The van der Waals surface area contributed by atoms with Crippen LogP contribution >= 0.6 is 15.9 Å². The van der Waals surface area contributed by atoms with Gasteiger partial charge in [0, 0.05) is 16.7 Å². The fraction of sp³-hybridized carbons (Fsp3) is 0.583. The molecule has 2 saturated carbocycles. The zero-order valence-electron chi connectivity index (χ0n) is 10.3. The monoisotopic (exact) mass is 345 g/mol.